The first-order chi connectivity index (χ1) is 10.1. The van der Waals surface area contributed by atoms with Gasteiger partial charge in [0.05, 0.1) is 6.33 Å². The molecule has 1 aliphatic carbocycles. The van der Waals surface area contributed by atoms with E-state index in [2.05, 4.69) is 15.0 Å². The molecule has 22 heavy (non-hydrogen) atoms. The summed E-state index contributed by atoms with van der Waals surface area (Å²) in [7, 11) is 0. The molecule has 5 atom stereocenters. The highest BCUT2D eigenvalue weighted by atomic mass is 19.2. The third kappa shape index (κ3) is 1.18. The Balaban J connectivity index is 1.90. The Bertz CT molecular complexity index is 866. The summed E-state index contributed by atoms with van der Waals surface area (Å²) in [5.74, 6) is -3.17. The molecule has 1 saturated heterocycles. The zero-order valence-corrected chi connectivity index (χ0v) is 11.1. The second-order valence-electron chi connectivity index (χ2n) is 5.63. The first kappa shape index (κ1) is 13.5. The molecule has 3 heterocycles. The Labute approximate surface area is 120 Å². The Morgan fingerprint density at radius 1 is 1.55 bits per heavy atom. The SMILES string of the molecule is C[C@]1(F)[C@H](n2cnc3c(=O)[nH]c(N)nc32)OC2(F)C(O)[C@@]21O. The number of H-pyrrole nitrogens is 1. The average molecular weight is 315 g/mol. The number of hydrogen-bond acceptors (Lipinski definition) is 7. The lowest BCUT2D eigenvalue weighted by molar-refractivity contribution is -0.159. The fourth-order valence-electron chi connectivity index (χ4n) is 3.03. The van der Waals surface area contributed by atoms with Gasteiger partial charge in [0.2, 0.25) is 5.95 Å². The van der Waals surface area contributed by atoms with Crippen molar-refractivity contribution in [3.8, 4) is 0 Å². The van der Waals surface area contributed by atoms with Gasteiger partial charge in [-0.15, -0.1) is 0 Å². The van der Waals surface area contributed by atoms with Crippen LogP contribution in [0.1, 0.15) is 13.2 Å². The van der Waals surface area contributed by atoms with Gasteiger partial charge in [-0.1, -0.05) is 0 Å². The first-order valence-electron chi connectivity index (χ1n) is 6.33. The average Bonchev–Trinajstić information content (AvgIpc) is 2.77. The van der Waals surface area contributed by atoms with Gasteiger partial charge in [-0.2, -0.15) is 4.98 Å². The predicted molar refractivity (Wildman–Crippen MR) is 67.0 cm³/mol. The summed E-state index contributed by atoms with van der Waals surface area (Å²) in [6.45, 7) is 0.886. The molecule has 5 N–H and O–H groups in total. The zero-order valence-electron chi connectivity index (χ0n) is 11.1. The number of nitrogens with zero attached hydrogens (tertiary/aromatic N) is 3. The molecule has 0 bridgehead atoms. The smallest absolute Gasteiger partial charge is 0.280 e. The lowest BCUT2D eigenvalue weighted by Gasteiger charge is -2.28. The minimum Gasteiger partial charge on any atom is -0.384 e. The molecule has 11 heteroatoms. The third-order valence-corrected chi connectivity index (χ3v) is 4.38. The van der Waals surface area contributed by atoms with E-state index in [1.165, 1.54) is 0 Å². The van der Waals surface area contributed by atoms with Crippen LogP contribution in [0.2, 0.25) is 0 Å². The number of ether oxygens (including phenoxy) is 1. The van der Waals surface area contributed by atoms with Crippen molar-refractivity contribution in [1.82, 2.24) is 19.5 Å². The zero-order chi connectivity index (χ0) is 16.1. The number of aliphatic hydroxyl groups excluding tert-OH is 1. The van der Waals surface area contributed by atoms with Crippen LogP contribution in [0.5, 0.6) is 0 Å². The van der Waals surface area contributed by atoms with Crippen molar-refractivity contribution in [3.63, 3.8) is 0 Å². The standard InChI is InChI=1S/C11H11F2N5O4/c1-9(12)7(22-11(13)6(20)10(9,11)21)18-2-15-3-4(18)16-8(14)17-5(3)19/h2,6-7,20-21H,1H3,(H3,14,16,17,19)/t6?,7-,9+,10+,11?/m1/s1. The summed E-state index contributed by atoms with van der Waals surface area (Å²) in [6.07, 6.45) is -2.65. The Morgan fingerprint density at radius 3 is 2.82 bits per heavy atom. The number of nitrogens with one attached hydrogen (secondary N) is 1. The van der Waals surface area contributed by atoms with Gasteiger partial charge < -0.3 is 20.7 Å². The van der Waals surface area contributed by atoms with E-state index in [1.54, 1.807) is 0 Å². The molecule has 4 rings (SSSR count). The van der Waals surface area contributed by atoms with E-state index < -0.39 is 35.0 Å². The van der Waals surface area contributed by atoms with Crippen LogP contribution in [0.3, 0.4) is 0 Å². The number of aromatic nitrogens is 4. The molecular weight excluding hydrogens is 304 g/mol. The minimum atomic E-state index is -2.93. The van der Waals surface area contributed by atoms with Crippen LogP contribution >= 0.6 is 0 Å². The fourth-order valence-corrected chi connectivity index (χ4v) is 3.03. The third-order valence-electron chi connectivity index (χ3n) is 4.38. The maximum Gasteiger partial charge on any atom is 0.280 e. The van der Waals surface area contributed by atoms with Gasteiger partial charge >= 0.3 is 0 Å². The molecule has 1 aliphatic heterocycles. The predicted octanol–water partition coefficient (Wildman–Crippen LogP) is -1.27. The molecule has 0 aromatic carbocycles. The van der Waals surface area contributed by atoms with E-state index >= 15 is 0 Å². The molecule has 2 unspecified atom stereocenters. The summed E-state index contributed by atoms with van der Waals surface area (Å²) in [4.78, 5) is 21.5. The van der Waals surface area contributed by atoms with Gasteiger partial charge in [0.15, 0.2) is 34.8 Å². The van der Waals surface area contributed by atoms with Crippen LogP contribution in [0.15, 0.2) is 11.1 Å². The van der Waals surface area contributed by atoms with Gasteiger partial charge in [-0.25, -0.2) is 13.8 Å². The number of hydrogen-bond donors (Lipinski definition) is 4. The number of rotatable bonds is 1. The number of nitrogen functional groups attached to an aromatic ring is 1. The van der Waals surface area contributed by atoms with Crippen LogP contribution in [0.25, 0.3) is 11.2 Å². The largest absolute Gasteiger partial charge is 0.384 e. The minimum absolute atomic E-state index is 0.127. The van der Waals surface area contributed by atoms with Gasteiger partial charge in [0.1, 0.15) is 0 Å². The Kier molecular flexibility index (Phi) is 2.12. The second kappa shape index (κ2) is 3.45. The van der Waals surface area contributed by atoms with Crippen LogP contribution in [0, 0.1) is 0 Å². The van der Waals surface area contributed by atoms with Gasteiger partial charge in [-0.05, 0) is 6.92 Å². The number of alkyl halides is 2. The summed E-state index contributed by atoms with van der Waals surface area (Å²) < 4.78 is 35.0. The van der Waals surface area contributed by atoms with E-state index in [0.717, 1.165) is 17.8 Å². The normalized spacial score (nSPS) is 43.5. The van der Waals surface area contributed by atoms with Crippen molar-refractivity contribution in [2.75, 3.05) is 5.73 Å². The van der Waals surface area contributed by atoms with Crippen LogP contribution in [-0.4, -0.2) is 53.0 Å². The molecule has 1 saturated carbocycles. The number of nitrogens with two attached hydrogens (primary N) is 1. The quantitative estimate of drug-likeness (QED) is 0.514. The monoisotopic (exact) mass is 315 g/mol. The number of aromatic amines is 1. The topological polar surface area (TPSA) is 139 Å². The van der Waals surface area contributed by atoms with Crippen molar-refractivity contribution < 1.29 is 23.7 Å². The number of fused-ring (bicyclic) bond motifs is 2. The van der Waals surface area contributed by atoms with Crippen molar-refractivity contribution in [2.24, 2.45) is 0 Å². The van der Waals surface area contributed by atoms with Crippen LogP contribution in [0.4, 0.5) is 14.7 Å². The molecule has 2 aliphatic rings. The van der Waals surface area contributed by atoms with Crippen LogP contribution in [-0.2, 0) is 4.74 Å². The number of imidazole rings is 1. The van der Waals surface area contributed by atoms with E-state index in [9.17, 15) is 23.8 Å². The maximum atomic E-state index is 14.9. The molecule has 0 spiro atoms. The highest BCUT2D eigenvalue weighted by Crippen LogP contribution is 2.69. The van der Waals surface area contributed by atoms with Gasteiger partial charge in [-0.3, -0.25) is 14.3 Å². The van der Waals surface area contributed by atoms with Gasteiger partial charge in [0, 0.05) is 0 Å². The molecule has 118 valence electrons. The fraction of sp³-hybridized carbons (Fsp3) is 0.545. The summed E-state index contributed by atoms with van der Waals surface area (Å²) in [5.41, 5.74) is -0.888. The number of halogens is 2. The summed E-state index contributed by atoms with van der Waals surface area (Å²) in [6, 6.07) is 0. The van der Waals surface area contributed by atoms with E-state index in [-0.39, 0.29) is 17.1 Å². The number of anilines is 1. The lowest BCUT2D eigenvalue weighted by atomic mass is 9.97. The molecule has 0 amide bonds. The van der Waals surface area contributed by atoms with Crippen molar-refractivity contribution in [2.45, 2.75) is 36.4 Å². The second-order valence-corrected chi connectivity index (χ2v) is 5.63. The first-order valence-corrected chi connectivity index (χ1v) is 6.33. The molecular formula is C11H11F2N5O4. The van der Waals surface area contributed by atoms with Crippen LogP contribution < -0.4 is 11.3 Å². The van der Waals surface area contributed by atoms with Gasteiger partial charge in [0.25, 0.3) is 11.4 Å². The molecule has 2 aromatic heterocycles. The van der Waals surface area contributed by atoms with E-state index in [1.807, 2.05) is 0 Å². The molecule has 2 aromatic rings. The van der Waals surface area contributed by atoms with Crippen molar-refractivity contribution in [1.29, 1.82) is 0 Å². The highest BCUT2D eigenvalue weighted by Gasteiger charge is 2.94. The number of aliphatic hydroxyl groups is 2. The summed E-state index contributed by atoms with van der Waals surface area (Å²) >= 11 is 0. The Morgan fingerprint density at radius 2 is 2.23 bits per heavy atom. The summed E-state index contributed by atoms with van der Waals surface area (Å²) in [5, 5.41) is 19.4. The maximum absolute atomic E-state index is 14.9. The van der Waals surface area contributed by atoms with Crippen molar-refractivity contribution in [3.05, 3.63) is 16.7 Å². The van der Waals surface area contributed by atoms with E-state index in [0.29, 0.717) is 0 Å². The molecule has 0 radical (unpaired) electrons. The van der Waals surface area contributed by atoms with E-state index in [4.69, 9.17) is 10.5 Å². The Hall–Kier alpha value is -2.11. The molecule has 2 fully saturated rings. The lowest BCUT2D eigenvalue weighted by Crippen LogP contribution is -2.44. The molecule has 9 nitrogen and oxygen atoms in total. The van der Waals surface area contributed by atoms with Crippen molar-refractivity contribution >= 4 is 17.1 Å². The highest BCUT2D eigenvalue weighted by molar-refractivity contribution is 5.70.